The van der Waals surface area contributed by atoms with Crippen molar-refractivity contribution >= 4 is 17.4 Å². The van der Waals surface area contributed by atoms with Crippen LogP contribution in [0.25, 0.3) is 5.41 Å². The van der Waals surface area contributed by atoms with Gasteiger partial charge in [-0.15, -0.1) is 0 Å². The molecule has 0 bridgehead atoms. The number of alkyl halides is 3. The minimum Gasteiger partial charge on any atom is -0.763 e. The quantitative estimate of drug-likeness (QED) is 0.272. The van der Waals surface area contributed by atoms with E-state index >= 15 is 0 Å². The molecule has 0 unspecified atom stereocenters. The molecule has 0 aromatic carbocycles. The number of halogens is 3. The summed E-state index contributed by atoms with van der Waals surface area (Å²) in [4.78, 5) is 20.5. The number of ketones is 2. The van der Waals surface area contributed by atoms with E-state index in [9.17, 15) is 22.8 Å². The van der Waals surface area contributed by atoms with Crippen molar-refractivity contribution in [1.29, 1.82) is 0 Å². The zero-order chi connectivity index (χ0) is 9.94. The van der Waals surface area contributed by atoms with Gasteiger partial charge in [0.25, 0.3) is 5.78 Å². The molecule has 0 spiro atoms. The molecule has 0 aliphatic carbocycles. The highest BCUT2D eigenvalue weighted by Crippen LogP contribution is 2.19. The van der Waals surface area contributed by atoms with Crippen molar-refractivity contribution < 1.29 is 22.8 Å². The van der Waals surface area contributed by atoms with E-state index in [4.69, 9.17) is 5.41 Å². The van der Waals surface area contributed by atoms with Gasteiger partial charge >= 0.3 is 6.18 Å². The van der Waals surface area contributed by atoms with Crippen LogP contribution in [0, 0.1) is 0 Å². The second-order valence-corrected chi connectivity index (χ2v) is 1.87. The number of rotatable bonds is 2. The van der Waals surface area contributed by atoms with Crippen LogP contribution in [-0.2, 0) is 9.59 Å². The molecule has 0 aliphatic heterocycles. The number of hydrogen-bond donors (Lipinski definition) is 0. The van der Waals surface area contributed by atoms with Gasteiger partial charge in [0.05, 0.1) is 5.57 Å². The van der Waals surface area contributed by atoms with Crippen molar-refractivity contribution in [3.63, 3.8) is 0 Å². The maximum absolute atomic E-state index is 11.6. The van der Waals surface area contributed by atoms with E-state index in [1.54, 1.807) is 0 Å². The number of carbonyl (C=O) groups excluding carboxylic acids is 2. The van der Waals surface area contributed by atoms with Crippen LogP contribution in [0.2, 0.25) is 0 Å². The smallest absolute Gasteiger partial charge is 0.455 e. The lowest BCUT2D eigenvalue weighted by Crippen LogP contribution is -2.27. The standard InChI is InChI=1S/C6H3F3NO2/c1-3(11)4(2-10)5(12)6(7,8)9/h1H3/q-1. The third-order valence-electron chi connectivity index (χ3n) is 0.948. The predicted octanol–water partition coefficient (Wildman–Crippen LogP) is 0.872. The van der Waals surface area contributed by atoms with Gasteiger partial charge in [0.15, 0.2) is 5.78 Å². The molecule has 0 amide bonds. The van der Waals surface area contributed by atoms with E-state index in [1.807, 2.05) is 0 Å². The average molecular weight is 178 g/mol. The van der Waals surface area contributed by atoms with E-state index in [1.165, 1.54) is 0 Å². The summed E-state index contributed by atoms with van der Waals surface area (Å²) in [7, 11) is 0. The van der Waals surface area contributed by atoms with E-state index in [0.29, 0.717) is 0 Å². The first-order valence-electron chi connectivity index (χ1n) is 2.70. The van der Waals surface area contributed by atoms with Crippen molar-refractivity contribution in [3.05, 3.63) is 11.0 Å². The third-order valence-corrected chi connectivity index (χ3v) is 0.948. The Bertz CT molecular complexity index is 273. The van der Waals surface area contributed by atoms with Gasteiger partial charge in [-0.3, -0.25) is 15.5 Å². The van der Waals surface area contributed by atoms with Crippen molar-refractivity contribution in [1.82, 2.24) is 0 Å². The Kier molecular flexibility index (Phi) is 2.93. The Balaban J connectivity index is 4.95. The highest BCUT2D eigenvalue weighted by atomic mass is 19.4. The monoisotopic (exact) mass is 178 g/mol. The number of hydrogen-bond acceptors (Lipinski definition) is 2. The van der Waals surface area contributed by atoms with Crippen molar-refractivity contribution in [2.24, 2.45) is 0 Å². The zero-order valence-electron chi connectivity index (χ0n) is 5.90. The first-order valence-corrected chi connectivity index (χ1v) is 2.70. The maximum Gasteiger partial charge on any atom is 0.455 e. The molecule has 0 saturated heterocycles. The second-order valence-electron chi connectivity index (χ2n) is 1.87. The Morgan fingerprint density at radius 2 is 1.75 bits per heavy atom. The van der Waals surface area contributed by atoms with Gasteiger partial charge in [-0.2, -0.15) is 13.2 Å². The van der Waals surface area contributed by atoms with Gasteiger partial charge in [-0.25, -0.2) is 0 Å². The van der Waals surface area contributed by atoms with E-state index < -0.39 is 23.3 Å². The lowest BCUT2D eigenvalue weighted by atomic mass is 10.1. The molecule has 0 aromatic heterocycles. The summed E-state index contributed by atoms with van der Waals surface area (Å²) in [5.74, 6) is -2.67. The topological polar surface area (TPSA) is 56.4 Å². The van der Waals surface area contributed by atoms with Crippen molar-refractivity contribution in [2.75, 3.05) is 0 Å². The first kappa shape index (κ1) is 10.6. The molecule has 0 fully saturated rings. The number of allylic oxidation sites excluding steroid dienone is 1. The Hall–Kier alpha value is -1.42. The van der Waals surface area contributed by atoms with Crippen LogP contribution in [-0.4, -0.2) is 23.6 Å². The number of nitrogens with zero attached hydrogens (tertiary/aromatic N) is 1. The molecule has 3 nitrogen and oxygen atoms in total. The fraction of sp³-hybridized carbons (Fsp3) is 0.333. The SMILES string of the molecule is CC(=O)C(=C=[N-])C(=O)C(F)(F)F. The summed E-state index contributed by atoms with van der Waals surface area (Å²) < 4.78 is 34.7. The van der Waals surface area contributed by atoms with Gasteiger partial charge in [0.1, 0.15) is 0 Å². The van der Waals surface area contributed by atoms with Crippen LogP contribution in [0.3, 0.4) is 0 Å². The van der Waals surface area contributed by atoms with Gasteiger partial charge in [0, 0.05) is 0 Å². The Morgan fingerprint density at radius 1 is 1.33 bits per heavy atom. The zero-order valence-corrected chi connectivity index (χ0v) is 5.90. The lowest BCUT2D eigenvalue weighted by molar-refractivity contribution is -0.166. The molecule has 6 heteroatoms. The molecule has 0 saturated carbocycles. The Morgan fingerprint density at radius 3 is 1.83 bits per heavy atom. The average Bonchev–Trinajstić information content (AvgIpc) is 1.86. The molecule has 0 aromatic rings. The molecule has 66 valence electrons. The highest BCUT2D eigenvalue weighted by Gasteiger charge is 2.41. The molecule has 0 aliphatic rings. The molecule has 0 radical (unpaired) electrons. The van der Waals surface area contributed by atoms with E-state index in [-0.39, 0.29) is 0 Å². The molecular weight excluding hydrogens is 175 g/mol. The van der Waals surface area contributed by atoms with Gasteiger partial charge in [-0.05, 0) is 6.92 Å². The van der Waals surface area contributed by atoms with Crippen LogP contribution in [0.1, 0.15) is 6.92 Å². The van der Waals surface area contributed by atoms with Crippen LogP contribution < -0.4 is 0 Å². The minimum atomic E-state index is -5.16. The minimum absolute atomic E-state index is 0.724. The van der Waals surface area contributed by atoms with Crippen LogP contribution >= 0.6 is 0 Å². The van der Waals surface area contributed by atoms with Crippen LogP contribution in [0.15, 0.2) is 5.57 Å². The fourth-order valence-electron chi connectivity index (χ4n) is 0.431. The molecule has 0 N–H and O–H groups in total. The summed E-state index contributed by atoms with van der Waals surface area (Å²) in [5.41, 5.74) is -1.39. The predicted molar refractivity (Wildman–Crippen MR) is 33.6 cm³/mol. The summed E-state index contributed by atoms with van der Waals surface area (Å²) in [5, 5.41) is 8.00. The summed E-state index contributed by atoms with van der Waals surface area (Å²) in [6, 6.07) is 0. The van der Waals surface area contributed by atoms with E-state index in [2.05, 4.69) is 0 Å². The highest BCUT2D eigenvalue weighted by molar-refractivity contribution is 6.27. The molecule has 0 heterocycles. The number of carbonyl (C=O) groups is 2. The van der Waals surface area contributed by atoms with Crippen LogP contribution in [0.5, 0.6) is 0 Å². The largest absolute Gasteiger partial charge is 0.763 e. The molecule has 0 rings (SSSR count). The van der Waals surface area contributed by atoms with Crippen molar-refractivity contribution in [2.45, 2.75) is 13.1 Å². The first-order chi connectivity index (χ1) is 5.30. The van der Waals surface area contributed by atoms with Gasteiger partial charge in [-0.1, -0.05) is 0 Å². The van der Waals surface area contributed by atoms with Gasteiger partial charge < -0.3 is 5.41 Å². The molecular formula is C6H3F3NO2-. The van der Waals surface area contributed by atoms with Crippen molar-refractivity contribution in [3.8, 4) is 0 Å². The fourth-order valence-corrected chi connectivity index (χ4v) is 0.431. The van der Waals surface area contributed by atoms with Gasteiger partial charge in [0.2, 0.25) is 0 Å². The summed E-state index contributed by atoms with van der Waals surface area (Å²) in [6.45, 7) is 0.724. The number of Topliss-reactive ketones (excluding diaryl/α,β-unsaturated/α-hetero) is 2. The molecule has 0 atom stereocenters. The Labute approximate surface area is 65.4 Å². The normalized spacial score (nSPS) is 10.3. The van der Waals surface area contributed by atoms with E-state index in [0.717, 1.165) is 12.8 Å². The summed E-state index contributed by atoms with van der Waals surface area (Å²) >= 11 is 0. The second kappa shape index (κ2) is 3.32. The lowest BCUT2D eigenvalue weighted by Gasteiger charge is -2.04. The summed E-state index contributed by atoms with van der Waals surface area (Å²) in [6.07, 6.45) is -5.16. The third kappa shape index (κ3) is 2.32. The van der Waals surface area contributed by atoms with Crippen LogP contribution in [0.4, 0.5) is 13.2 Å². The maximum atomic E-state index is 11.6. The molecule has 12 heavy (non-hydrogen) atoms.